The van der Waals surface area contributed by atoms with Gasteiger partial charge in [0.05, 0.1) is 11.3 Å². The van der Waals surface area contributed by atoms with Gasteiger partial charge in [0.1, 0.15) is 5.75 Å². The summed E-state index contributed by atoms with van der Waals surface area (Å²) in [7, 11) is 2.05. The summed E-state index contributed by atoms with van der Waals surface area (Å²) in [5, 5.41) is 13.3. The van der Waals surface area contributed by atoms with Crippen molar-refractivity contribution in [2.45, 2.75) is 25.6 Å². The number of hydrogen-bond donors (Lipinski definition) is 2. The van der Waals surface area contributed by atoms with Gasteiger partial charge in [-0.2, -0.15) is 18.2 Å². The maximum atomic E-state index is 12.9. The molecule has 0 amide bonds. The van der Waals surface area contributed by atoms with Gasteiger partial charge >= 0.3 is 6.18 Å². The van der Waals surface area contributed by atoms with Crippen molar-refractivity contribution in [2.24, 2.45) is 0 Å². The van der Waals surface area contributed by atoms with Gasteiger partial charge in [-0.3, -0.25) is 0 Å². The van der Waals surface area contributed by atoms with E-state index in [9.17, 15) is 18.3 Å². The molecule has 3 heterocycles. The van der Waals surface area contributed by atoms with Crippen molar-refractivity contribution in [1.82, 2.24) is 14.9 Å². The summed E-state index contributed by atoms with van der Waals surface area (Å²) in [6.45, 7) is 3.27. The molecule has 1 atom stereocenters. The molecule has 2 aromatic heterocycles. The van der Waals surface area contributed by atoms with Crippen LogP contribution in [0.5, 0.6) is 5.75 Å². The van der Waals surface area contributed by atoms with Gasteiger partial charge in [0.2, 0.25) is 5.65 Å². The van der Waals surface area contributed by atoms with E-state index in [1.54, 1.807) is 12.1 Å². The molecule has 0 radical (unpaired) electrons. The smallest absolute Gasteiger partial charge is 0.416 e. The average molecular weight is 392 g/mol. The summed E-state index contributed by atoms with van der Waals surface area (Å²) in [5.74, 6) is -0.478. The molecule has 3 aromatic rings. The number of likely N-dealkylation sites (N-methyl/N-ethyl adjacent to an activating group) is 1. The lowest BCUT2D eigenvalue weighted by molar-refractivity contribution is -0.137. The third-order valence-corrected chi connectivity index (χ3v) is 5.08. The van der Waals surface area contributed by atoms with Crippen molar-refractivity contribution in [3.63, 3.8) is 0 Å². The van der Waals surface area contributed by atoms with Crippen LogP contribution in [-0.4, -0.2) is 46.2 Å². The monoisotopic (exact) mass is 392 g/mol. The van der Waals surface area contributed by atoms with Crippen LogP contribution in [0.4, 0.5) is 19.2 Å². The highest BCUT2D eigenvalue weighted by atomic mass is 19.4. The highest BCUT2D eigenvalue weighted by Crippen LogP contribution is 2.38. The lowest BCUT2D eigenvalue weighted by Gasteiger charge is -2.37. The summed E-state index contributed by atoms with van der Waals surface area (Å²) in [5.41, 5.74) is 0.714. The number of aryl methyl sites for hydroxylation is 1. The molecule has 28 heavy (non-hydrogen) atoms. The quantitative estimate of drug-likeness (QED) is 0.698. The van der Waals surface area contributed by atoms with E-state index in [-0.39, 0.29) is 11.1 Å². The molecule has 9 heteroatoms. The Bertz CT molecular complexity index is 1010. The molecule has 0 saturated carbocycles. The molecule has 0 spiro atoms. The predicted octanol–water partition coefficient (Wildman–Crippen LogP) is 4.04. The van der Waals surface area contributed by atoms with Crippen LogP contribution >= 0.6 is 0 Å². The second-order valence-corrected chi connectivity index (χ2v) is 7.03. The molecular formula is C19H19F3N4O2. The molecule has 4 rings (SSSR count). The molecule has 1 unspecified atom stereocenters. The number of benzene rings is 1. The number of oxazole rings is 1. The van der Waals surface area contributed by atoms with Gasteiger partial charge in [-0.15, -0.1) is 0 Å². The Morgan fingerprint density at radius 1 is 1.29 bits per heavy atom. The van der Waals surface area contributed by atoms with Crippen LogP contribution in [0.25, 0.3) is 22.5 Å². The molecule has 1 aliphatic rings. The van der Waals surface area contributed by atoms with Crippen molar-refractivity contribution in [2.75, 3.05) is 25.5 Å². The Balaban J connectivity index is 1.62. The fourth-order valence-electron chi connectivity index (χ4n) is 3.33. The van der Waals surface area contributed by atoms with Crippen LogP contribution < -0.4 is 5.32 Å². The molecular weight excluding hydrogens is 373 g/mol. The van der Waals surface area contributed by atoms with Crippen molar-refractivity contribution < 1.29 is 22.7 Å². The van der Waals surface area contributed by atoms with Gasteiger partial charge in [-0.25, -0.2) is 4.98 Å². The van der Waals surface area contributed by atoms with E-state index in [0.29, 0.717) is 41.6 Å². The Hall–Kier alpha value is -2.81. The molecule has 1 aliphatic heterocycles. The number of rotatable bonds is 4. The molecule has 2 N–H and O–H groups in total. The van der Waals surface area contributed by atoms with Crippen LogP contribution in [-0.2, 0) is 6.18 Å². The van der Waals surface area contributed by atoms with Crippen LogP contribution in [0.2, 0.25) is 0 Å². The van der Waals surface area contributed by atoms with Crippen LogP contribution in [0.3, 0.4) is 0 Å². The molecule has 1 aromatic carbocycles. The Morgan fingerprint density at radius 3 is 2.68 bits per heavy atom. The lowest BCUT2D eigenvalue weighted by Crippen LogP contribution is -2.48. The van der Waals surface area contributed by atoms with E-state index in [1.807, 2.05) is 0 Å². The zero-order valence-corrected chi connectivity index (χ0v) is 15.3. The number of fused-ring (bicyclic) bond motifs is 1. The first-order chi connectivity index (χ1) is 13.2. The van der Waals surface area contributed by atoms with Gasteiger partial charge in [-0.1, -0.05) is 0 Å². The van der Waals surface area contributed by atoms with E-state index < -0.39 is 17.5 Å². The molecule has 148 valence electrons. The molecule has 1 fully saturated rings. The number of aromatic hydroxyl groups is 1. The fourth-order valence-corrected chi connectivity index (χ4v) is 3.33. The SMILES string of the molecule is Cc1cc(C(F)(F)F)cc(O)c1-c1ccc2oc(NCC3CCN3C)nc2n1. The minimum atomic E-state index is -4.53. The summed E-state index contributed by atoms with van der Waals surface area (Å²) in [6.07, 6.45) is -3.42. The third-order valence-electron chi connectivity index (χ3n) is 5.08. The number of pyridine rings is 1. The second-order valence-electron chi connectivity index (χ2n) is 7.03. The number of alkyl halides is 3. The van der Waals surface area contributed by atoms with Gasteiger partial charge in [-0.05, 0) is 56.8 Å². The average Bonchev–Trinajstić information content (AvgIpc) is 3.01. The number of phenolic OH excluding ortho intramolecular Hbond substituents is 1. The first kappa shape index (κ1) is 18.5. The van der Waals surface area contributed by atoms with Crippen LogP contribution in [0.15, 0.2) is 28.7 Å². The fraction of sp³-hybridized carbons (Fsp3) is 0.368. The number of likely N-dealkylation sites (tertiary alicyclic amines) is 1. The molecule has 0 bridgehead atoms. The summed E-state index contributed by atoms with van der Waals surface area (Å²) >= 11 is 0. The van der Waals surface area contributed by atoms with Gasteiger partial charge < -0.3 is 19.7 Å². The first-order valence-corrected chi connectivity index (χ1v) is 8.85. The Labute approximate surface area is 159 Å². The molecule has 0 aliphatic carbocycles. The van der Waals surface area contributed by atoms with Gasteiger partial charge in [0.15, 0.2) is 5.58 Å². The van der Waals surface area contributed by atoms with E-state index in [1.165, 1.54) is 6.92 Å². The Kier molecular flexibility index (Phi) is 4.41. The van der Waals surface area contributed by atoms with Crippen molar-refractivity contribution in [3.8, 4) is 17.0 Å². The van der Waals surface area contributed by atoms with E-state index in [0.717, 1.165) is 19.0 Å². The maximum absolute atomic E-state index is 12.9. The van der Waals surface area contributed by atoms with Gasteiger partial charge in [0, 0.05) is 18.2 Å². The first-order valence-electron chi connectivity index (χ1n) is 8.85. The van der Waals surface area contributed by atoms with Gasteiger partial charge in [0.25, 0.3) is 6.01 Å². The maximum Gasteiger partial charge on any atom is 0.416 e. The van der Waals surface area contributed by atoms with Crippen LogP contribution in [0.1, 0.15) is 17.5 Å². The van der Waals surface area contributed by atoms with Crippen molar-refractivity contribution in [3.05, 3.63) is 35.4 Å². The number of aromatic nitrogens is 2. The number of phenols is 1. The van der Waals surface area contributed by atoms with E-state index >= 15 is 0 Å². The highest BCUT2D eigenvalue weighted by Gasteiger charge is 2.32. The minimum Gasteiger partial charge on any atom is -0.507 e. The Morgan fingerprint density at radius 2 is 2.07 bits per heavy atom. The molecule has 6 nitrogen and oxygen atoms in total. The largest absolute Gasteiger partial charge is 0.507 e. The number of halogens is 3. The normalized spacial score (nSPS) is 17.7. The second kappa shape index (κ2) is 6.66. The van der Waals surface area contributed by atoms with Crippen LogP contribution in [0, 0.1) is 6.92 Å². The summed E-state index contributed by atoms with van der Waals surface area (Å²) in [4.78, 5) is 10.9. The highest BCUT2D eigenvalue weighted by molar-refractivity contribution is 5.78. The topological polar surface area (TPSA) is 74.4 Å². The number of nitrogens with one attached hydrogen (secondary N) is 1. The van der Waals surface area contributed by atoms with E-state index in [2.05, 4.69) is 27.2 Å². The number of hydrogen-bond acceptors (Lipinski definition) is 6. The molecule has 1 saturated heterocycles. The van der Waals surface area contributed by atoms with E-state index in [4.69, 9.17) is 4.42 Å². The summed E-state index contributed by atoms with van der Waals surface area (Å²) in [6, 6.07) is 5.71. The third kappa shape index (κ3) is 3.37. The van der Waals surface area contributed by atoms with Crippen molar-refractivity contribution in [1.29, 1.82) is 0 Å². The van der Waals surface area contributed by atoms with Crippen molar-refractivity contribution >= 4 is 17.2 Å². The number of nitrogens with zero attached hydrogens (tertiary/aromatic N) is 3. The lowest BCUT2D eigenvalue weighted by atomic mass is 10.0. The minimum absolute atomic E-state index is 0.239. The number of anilines is 1. The zero-order valence-electron chi connectivity index (χ0n) is 15.3. The summed E-state index contributed by atoms with van der Waals surface area (Å²) < 4.78 is 44.4. The zero-order chi connectivity index (χ0) is 20.1. The predicted molar refractivity (Wildman–Crippen MR) is 98.2 cm³/mol. The standard InChI is InChI=1S/C19H19F3N4O2/c1-10-7-11(19(20,21)22)8-14(27)16(10)13-3-4-15-17(24-13)25-18(28-15)23-9-12-5-6-26(12)2/h3-4,7-8,12,27H,5-6,9H2,1-2H3,(H,23,24,25).